The van der Waals surface area contributed by atoms with Crippen LogP contribution in [0.5, 0.6) is 5.75 Å². The average molecular weight is 278 g/mol. The third-order valence-corrected chi connectivity index (χ3v) is 2.60. The lowest BCUT2D eigenvalue weighted by molar-refractivity contribution is 0.340. The van der Waals surface area contributed by atoms with Crippen molar-refractivity contribution in [1.29, 1.82) is 0 Å². The van der Waals surface area contributed by atoms with Gasteiger partial charge in [0.2, 0.25) is 0 Å². The highest BCUT2D eigenvalue weighted by molar-refractivity contribution is 9.10. The summed E-state index contributed by atoms with van der Waals surface area (Å²) in [6.45, 7) is 2.65. The van der Waals surface area contributed by atoms with Crippen molar-refractivity contribution in [3.63, 3.8) is 0 Å². The summed E-state index contributed by atoms with van der Waals surface area (Å²) in [5.41, 5.74) is 2.00. The largest absolute Gasteiger partial charge is 0.494 e. The second-order valence-electron chi connectivity index (χ2n) is 3.31. The minimum absolute atomic E-state index is 0.676. The highest BCUT2D eigenvalue weighted by Gasteiger charge is 2.01. The molecule has 16 heavy (non-hydrogen) atoms. The van der Waals surface area contributed by atoms with E-state index in [1.807, 2.05) is 49.4 Å². The first-order valence-corrected chi connectivity index (χ1v) is 5.94. The van der Waals surface area contributed by atoms with E-state index >= 15 is 0 Å². The van der Waals surface area contributed by atoms with Crippen LogP contribution >= 0.6 is 15.9 Å². The maximum absolute atomic E-state index is 5.46. The van der Waals surface area contributed by atoms with Gasteiger partial charge in [-0.3, -0.25) is 0 Å². The number of hydrogen-bond donors (Lipinski definition) is 0. The normalized spacial score (nSPS) is 10.1. The smallest absolute Gasteiger partial charge is 0.119 e. The van der Waals surface area contributed by atoms with E-state index in [9.17, 15) is 0 Å². The van der Waals surface area contributed by atoms with Gasteiger partial charge in [0.25, 0.3) is 0 Å². The molecule has 2 rings (SSSR count). The van der Waals surface area contributed by atoms with Crippen molar-refractivity contribution in [1.82, 2.24) is 4.98 Å². The number of ether oxygens (including phenoxy) is 1. The zero-order valence-corrected chi connectivity index (χ0v) is 10.6. The van der Waals surface area contributed by atoms with E-state index in [0.717, 1.165) is 21.6 Å². The molecule has 1 heterocycles. The quantitative estimate of drug-likeness (QED) is 0.794. The predicted molar refractivity (Wildman–Crippen MR) is 68.5 cm³/mol. The minimum Gasteiger partial charge on any atom is -0.494 e. The lowest BCUT2D eigenvalue weighted by Gasteiger charge is -2.05. The molecule has 0 atom stereocenters. The Hall–Kier alpha value is -1.35. The van der Waals surface area contributed by atoms with Gasteiger partial charge in [0.1, 0.15) is 10.4 Å². The molecule has 2 aromatic rings. The number of halogens is 1. The van der Waals surface area contributed by atoms with Crippen molar-refractivity contribution in [3.05, 3.63) is 47.1 Å². The van der Waals surface area contributed by atoms with Gasteiger partial charge in [-0.1, -0.05) is 18.2 Å². The van der Waals surface area contributed by atoms with Crippen LogP contribution in [0.1, 0.15) is 6.92 Å². The third-order valence-electron chi connectivity index (χ3n) is 2.16. The summed E-state index contributed by atoms with van der Waals surface area (Å²) in [4.78, 5) is 4.41. The molecular weight excluding hydrogens is 266 g/mol. The van der Waals surface area contributed by atoms with Crippen molar-refractivity contribution >= 4 is 15.9 Å². The van der Waals surface area contributed by atoms with Crippen LogP contribution in [0.15, 0.2) is 47.1 Å². The molecule has 0 bridgehead atoms. The minimum atomic E-state index is 0.676. The molecule has 0 N–H and O–H groups in total. The fourth-order valence-corrected chi connectivity index (χ4v) is 1.82. The number of benzene rings is 1. The van der Waals surface area contributed by atoms with Crippen LogP contribution < -0.4 is 4.74 Å². The molecule has 0 saturated carbocycles. The lowest BCUT2D eigenvalue weighted by atomic mass is 10.1. The molecular formula is C13H12BrNO. The average Bonchev–Trinajstić information content (AvgIpc) is 2.30. The van der Waals surface area contributed by atoms with E-state index in [2.05, 4.69) is 20.9 Å². The zero-order chi connectivity index (χ0) is 11.4. The van der Waals surface area contributed by atoms with E-state index in [4.69, 9.17) is 4.74 Å². The van der Waals surface area contributed by atoms with Crippen LogP contribution in [0, 0.1) is 0 Å². The summed E-state index contributed by atoms with van der Waals surface area (Å²) >= 11 is 3.37. The topological polar surface area (TPSA) is 22.1 Å². The van der Waals surface area contributed by atoms with Crippen LogP contribution in [0.2, 0.25) is 0 Å². The predicted octanol–water partition coefficient (Wildman–Crippen LogP) is 3.91. The van der Waals surface area contributed by atoms with Crippen molar-refractivity contribution in [2.24, 2.45) is 0 Å². The van der Waals surface area contributed by atoms with Crippen LogP contribution in [-0.4, -0.2) is 11.6 Å². The first-order valence-electron chi connectivity index (χ1n) is 5.15. The maximum Gasteiger partial charge on any atom is 0.119 e. The molecule has 0 amide bonds. The van der Waals surface area contributed by atoms with E-state index in [0.29, 0.717) is 6.61 Å². The van der Waals surface area contributed by atoms with Gasteiger partial charge in [-0.15, -0.1) is 0 Å². The highest BCUT2D eigenvalue weighted by atomic mass is 79.9. The molecule has 1 aromatic heterocycles. The van der Waals surface area contributed by atoms with Crippen LogP contribution in [0.3, 0.4) is 0 Å². The van der Waals surface area contributed by atoms with Gasteiger partial charge in [0.15, 0.2) is 0 Å². The molecule has 0 fully saturated rings. The Balaban J connectivity index is 2.36. The van der Waals surface area contributed by atoms with Crippen molar-refractivity contribution < 1.29 is 4.74 Å². The Morgan fingerprint density at radius 2 is 2.00 bits per heavy atom. The van der Waals surface area contributed by atoms with Crippen LogP contribution in [0.25, 0.3) is 11.3 Å². The SMILES string of the molecule is CCOc1cccc(-c2cccc(Br)n2)c1. The molecule has 1 aromatic carbocycles. The van der Waals surface area contributed by atoms with Crippen LogP contribution in [-0.2, 0) is 0 Å². The van der Waals surface area contributed by atoms with Gasteiger partial charge in [-0.2, -0.15) is 0 Å². The molecule has 0 saturated heterocycles. The molecule has 0 aliphatic rings. The van der Waals surface area contributed by atoms with Crippen molar-refractivity contribution in [2.45, 2.75) is 6.92 Å². The molecule has 2 nitrogen and oxygen atoms in total. The summed E-state index contributed by atoms with van der Waals surface area (Å²) in [6, 6.07) is 13.8. The fraction of sp³-hybridized carbons (Fsp3) is 0.154. The Kier molecular flexibility index (Phi) is 3.57. The second kappa shape index (κ2) is 5.12. The van der Waals surface area contributed by atoms with Gasteiger partial charge in [-0.25, -0.2) is 4.98 Å². The molecule has 82 valence electrons. The maximum atomic E-state index is 5.46. The summed E-state index contributed by atoms with van der Waals surface area (Å²) in [6.07, 6.45) is 0. The first-order chi connectivity index (χ1) is 7.79. The highest BCUT2D eigenvalue weighted by Crippen LogP contribution is 2.23. The van der Waals surface area contributed by atoms with E-state index < -0.39 is 0 Å². The van der Waals surface area contributed by atoms with E-state index in [1.165, 1.54) is 0 Å². The third kappa shape index (κ3) is 2.61. The first kappa shape index (κ1) is 11.1. The summed E-state index contributed by atoms with van der Waals surface area (Å²) in [5, 5.41) is 0. The second-order valence-corrected chi connectivity index (χ2v) is 4.12. The van der Waals surface area contributed by atoms with Crippen molar-refractivity contribution in [2.75, 3.05) is 6.61 Å². The lowest BCUT2D eigenvalue weighted by Crippen LogP contribution is -1.91. The summed E-state index contributed by atoms with van der Waals surface area (Å²) in [7, 11) is 0. The number of pyridine rings is 1. The summed E-state index contributed by atoms with van der Waals surface area (Å²) in [5.74, 6) is 0.877. The van der Waals surface area contributed by atoms with Gasteiger partial charge >= 0.3 is 0 Å². The van der Waals surface area contributed by atoms with E-state index in [-0.39, 0.29) is 0 Å². The van der Waals surface area contributed by atoms with Gasteiger partial charge in [0, 0.05) is 5.56 Å². The van der Waals surface area contributed by atoms with Gasteiger partial charge in [0.05, 0.1) is 12.3 Å². The number of hydrogen-bond acceptors (Lipinski definition) is 2. The van der Waals surface area contributed by atoms with Gasteiger partial charge < -0.3 is 4.74 Å². The number of nitrogens with zero attached hydrogens (tertiary/aromatic N) is 1. The fourth-order valence-electron chi connectivity index (χ4n) is 1.48. The number of aromatic nitrogens is 1. The van der Waals surface area contributed by atoms with Crippen molar-refractivity contribution in [3.8, 4) is 17.0 Å². The molecule has 0 aliphatic carbocycles. The van der Waals surface area contributed by atoms with Crippen LogP contribution in [0.4, 0.5) is 0 Å². The van der Waals surface area contributed by atoms with Gasteiger partial charge in [-0.05, 0) is 47.1 Å². The Morgan fingerprint density at radius 3 is 2.75 bits per heavy atom. The molecule has 3 heteroatoms. The summed E-state index contributed by atoms with van der Waals surface area (Å²) < 4.78 is 6.30. The Bertz CT molecular complexity index is 485. The zero-order valence-electron chi connectivity index (χ0n) is 8.98. The molecule has 0 radical (unpaired) electrons. The monoisotopic (exact) mass is 277 g/mol. The Morgan fingerprint density at radius 1 is 1.19 bits per heavy atom. The molecule has 0 unspecified atom stereocenters. The molecule has 0 spiro atoms. The molecule has 0 aliphatic heterocycles. The number of rotatable bonds is 3. The standard InChI is InChI=1S/C13H12BrNO/c1-2-16-11-6-3-5-10(9-11)12-7-4-8-13(14)15-12/h3-9H,2H2,1H3. The van der Waals surface area contributed by atoms with E-state index in [1.54, 1.807) is 0 Å². The Labute approximate surface area is 103 Å².